The van der Waals surface area contributed by atoms with Crippen LogP contribution in [-0.4, -0.2) is 25.8 Å². The number of methoxy groups -OCH3 is 1. The molecule has 6 heteroatoms. The van der Waals surface area contributed by atoms with Crippen molar-refractivity contribution in [2.24, 2.45) is 0 Å². The smallest absolute Gasteiger partial charge is 0.231 e. The zero-order valence-corrected chi connectivity index (χ0v) is 12.5. The van der Waals surface area contributed by atoms with Gasteiger partial charge in [-0.3, -0.25) is 4.79 Å². The average molecular weight is 313 g/mol. The summed E-state index contributed by atoms with van der Waals surface area (Å²) in [7, 11) is 1.56. The van der Waals surface area contributed by atoms with Crippen molar-refractivity contribution in [1.29, 1.82) is 0 Å². The summed E-state index contributed by atoms with van der Waals surface area (Å²) in [4.78, 5) is 12.5. The van der Waals surface area contributed by atoms with Gasteiger partial charge in [-0.1, -0.05) is 6.07 Å². The summed E-state index contributed by atoms with van der Waals surface area (Å²) in [5.41, 5.74) is 7.88. The third kappa shape index (κ3) is 2.14. The molecule has 2 heterocycles. The van der Waals surface area contributed by atoms with E-state index in [1.54, 1.807) is 31.4 Å². The summed E-state index contributed by atoms with van der Waals surface area (Å²) in [6.07, 6.45) is -0.161. The molecule has 2 aliphatic rings. The first-order valence-corrected chi connectivity index (χ1v) is 7.23. The van der Waals surface area contributed by atoms with Crippen LogP contribution in [0.4, 0.5) is 5.69 Å². The lowest BCUT2D eigenvalue weighted by molar-refractivity contribution is 0.0854. The molecular weight excluding hydrogens is 298 g/mol. The van der Waals surface area contributed by atoms with Crippen LogP contribution in [0.5, 0.6) is 23.0 Å². The molecule has 23 heavy (non-hydrogen) atoms. The maximum Gasteiger partial charge on any atom is 0.231 e. The number of benzene rings is 2. The number of fused-ring (bicyclic) bond motifs is 3. The van der Waals surface area contributed by atoms with Crippen LogP contribution in [0.25, 0.3) is 0 Å². The van der Waals surface area contributed by atoms with Gasteiger partial charge in [0.2, 0.25) is 18.3 Å². The summed E-state index contributed by atoms with van der Waals surface area (Å²) >= 11 is 0. The normalized spacial score (nSPS) is 17.8. The SMILES string of the molecule is COc1ccc(CC2Oc3c(ccc4c3OCO4)C2=O)cc1N. The van der Waals surface area contributed by atoms with E-state index in [1.807, 2.05) is 6.07 Å². The predicted molar refractivity (Wildman–Crippen MR) is 82.4 cm³/mol. The van der Waals surface area contributed by atoms with Crippen molar-refractivity contribution in [3.05, 3.63) is 41.5 Å². The minimum absolute atomic E-state index is 0.0623. The molecule has 118 valence electrons. The molecule has 0 saturated carbocycles. The molecule has 1 unspecified atom stereocenters. The van der Waals surface area contributed by atoms with Gasteiger partial charge in [-0.25, -0.2) is 0 Å². The quantitative estimate of drug-likeness (QED) is 0.875. The number of hydrogen-bond donors (Lipinski definition) is 1. The van der Waals surface area contributed by atoms with Gasteiger partial charge in [0.15, 0.2) is 17.6 Å². The largest absolute Gasteiger partial charge is 0.495 e. The fourth-order valence-electron chi connectivity index (χ4n) is 2.89. The summed E-state index contributed by atoms with van der Waals surface area (Å²) in [6, 6.07) is 8.90. The Balaban J connectivity index is 1.60. The summed E-state index contributed by atoms with van der Waals surface area (Å²) in [6.45, 7) is 0.142. The molecule has 4 rings (SSSR count). The molecule has 1 atom stereocenters. The third-order valence-corrected chi connectivity index (χ3v) is 4.03. The van der Waals surface area contributed by atoms with Crippen LogP contribution in [0.2, 0.25) is 0 Å². The van der Waals surface area contributed by atoms with Crippen LogP contribution in [0.3, 0.4) is 0 Å². The molecule has 0 fully saturated rings. The number of hydrogen-bond acceptors (Lipinski definition) is 6. The Morgan fingerprint density at radius 2 is 2.09 bits per heavy atom. The Kier molecular flexibility index (Phi) is 3.04. The molecule has 2 aliphatic heterocycles. The monoisotopic (exact) mass is 313 g/mol. The van der Waals surface area contributed by atoms with Crippen molar-refractivity contribution in [2.75, 3.05) is 19.6 Å². The fraction of sp³-hybridized carbons (Fsp3) is 0.235. The number of ketones is 1. The van der Waals surface area contributed by atoms with Crippen molar-refractivity contribution < 1.29 is 23.7 Å². The van der Waals surface area contributed by atoms with Crippen LogP contribution >= 0.6 is 0 Å². The number of Topliss-reactive ketones (excluding diaryl/α,β-unsaturated/α-hetero) is 1. The Bertz CT molecular complexity index is 802. The van der Waals surface area contributed by atoms with Crippen LogP contribution in [-0.2, 0) is 6.42 Å². The van der Waals surface area contributed by atoms with E-state index in [9.17, 15) is 4.79 Å². The van der Waals surface area contributed by atoms with E-state index in [-0.39, 0.29) is 12.6 Å². The first kappa shape index (κ1) is 13.8. The Morgan fingerprint density at radius 1 is 1.22 bits per heavy atom. The Labute approximate surface area is 132 Å². The highest BCUT2D eigenvalue weighted by Crippen LogP contribution is 2.47. The van der Waals surface area contributed by atoms with E-state index in [2.05, 4.69) is 0 Å². The molecule has 0 amide bonds. The standard InChI is InChI=1S/C17H15NO5/c1-20-12-4-2-9(6-11(12)18)7-14-15(19)10-3-5-13-17(16(10)23-14)22-8-21-13/h2-6,14H,7-8,18H2,1H3. The summed E-state index contributed by atoms with van der Waals surface area (Å²) < 4.78 is 21.7. The van der Waals surface area contributed by atoms with Gasteiger partial charge in [0.1, 0.15) is 5.75 Å². The molecule has 2 N–H and O–H groups in total. The average Bonchev–Trinajstić information content (AvgIpc) is 3.13. The number of nitrogens with two attached hydrogens (primary N) is 1. The molecule has 0 aromatic heterocycles. The zero-order valence-electron chi connectivity index (χ0n) is 12.5. The van der Waals surface area contributed by atoms with Crippen molar-refractivity contribution in [3.63, 3.8) is 0 Å². The van der Waals surface area contributed by atoms with Crippen LogP contribution < -0.4 is 24.7 Å². The maximum absolute atomic E-state index is 12.5. The topological polar surface area (TPSA) is 80.0 Å². The van der Waals surface area contributed by atoms with Gasteiger partial charge in [0, 0.05) is 6.42 Å². The molecule has 2 aromatic rings. The lowest BCUT2D eigenvalue weighted by Gasteiger charge is -2.11. The van der Waals surface area contributed by atoms with Gasteiger partial charge in [0.25, 0.3) is 0 Å². The highest BCUT2D eigenvalue weighted by atomic mass is 16.7. The van der Waals surface area contributed by atoms with Crippen molar-refractivity contribution in [3.8, 4) is 23.0 Å². The van der Waals surface area contributed by atoms with Gasteiger partial charge >= 0.3 is 0 Å². The third-order valence-electron chi connectivity index (χ3n) is 4.03. The van der Waals surface area contributed by atoms with Crippen molar-refractivity contribution in [2.45, 2.75) is 12.5 Å². The Morgan fingerprint density at radius 3 is 2.87 bits per heavy atom. The molecule has 0 spiro atoms. The molecule has 0 saturated heterocycles. The van der Waals surface area contributed by atoms with Crippen LogP contribution in [0, 0.1) is 0 Å². The van der Waals surface area contributed by atoms with Crippen LogP contribution in [0.15, 0.2) is 30.3 Å². The highest BCUT2D eigenvalue weighted by Gasteiger charge is 2.37. The maximum atomic E-state index is 12.5. The number of nitrogen functional groups attached to an aromatic ring is 1. The molecular formula is C17H15NO5. The number of carbonyl (C=O) groups excluding carboxylic acids is 1. The van der Waals surface area contributed by atoms with Crippen molar-refractivity contribution in [1.82, 2.24) is 0 Å². The molecule has 2 aromatic carbocycles. The van der Waals surface area contributed by atoms with Gasteiger partial charge in [0.05, 0.1) is 18.4 Å². The molecule has 0 bridgehead atoms. The van der Waals surface area contributed by atoms with Gasteiger partial charge < -0.3 is 24.7 Å². The zero-order chi connectivity index (χ0) is 16.0. The first-order valence-electron chi connectivity index (χ1n) is 7.23. The highest BCUT2D eigenvalue weighted by molar-refractivity contribution is 6.06. The summed E-state index contributed by atoms with van der Waals surface area (Å²) in [5.74, 6) is 2.13. The second kappa shape index (κ2) is 5.08. The minimum Gasteiger partial charge on any atom is -0.495 e. The van der Waals surface area contributed by atoms with E-state index >= 15 is 0 Å². The van der Waals surface area contributed by atoms with Gasteiger partial charge in [-0.05, 0) is 29.8 Å². The predicted octanol–water partition coefficient (Wildman–Crippen LogP) is 2.19. The summed E-state index contributed by atoms with van der Waals surface area (Å²) in [5, 5.41) is 0. The lowest BCUT2D eigenvalue weighted by atomic mass is 10.0. The van der Waals surface area contributed by atoms with E-state index in [1.165, 1.54) is 0 Å². The Hall–Kier alpha value is -2.89. The van der Waals surface area contributed by atoms with Gasteiger partial charge in [-0.2, -0.15) is 0 Å². The van der Waals surface area contributed by atoms with Gasteiger partial charge in [-0.15, -0.1) is 0 Å². The van der Waals surface area contributed by atoms with E-state index < -0.39 is 6.10 Å². The fourth-order valence-corrected chi connectivity index (χ4v) is 2.89. The van der Waals surface area contributed by atoms with Crippen LogP contribution in [0.1, 0.15) is 15.9 Å². The van der Waals surface area contributed by atoms with E-state index in [0.717, 1.165) is 5.56 Å². The van der Waals surface area contributed by atoms with E-state index in [0.29, 0.717) is 40.7 Å². The van der Waals surface area contributed by atoms with Crippen molar-refractivity contribution >= 4 is 11.5 Å². The number of ether oxygens (including phenoxy) is 4. The lowest BCUT2D eigenvalue weighted by Crippen LogP contribution is -2.23. The minimum atomic E-state index is -0.589. The molecule has 6 nitrogen and oxygen atoms in total. The second-order valence-electron chi connectivity index (χ2n) is 5.43. The van der Waals surface area contributed by atoms with E-state index in [4.69, 9.17) is 24.7 Å². The first-order chi connectivity index (χ1) is 11.2. The molecule has 0 aliphatic carbocycles. The molecule has 0 radical (unpaired) electrons. The second-order valence-corrected chi connectivity index (χ2v) is 5.43. The number of anilines is 1. The number of rotatable bonds is 3. The number of carbonyl (C=O) groups is 1.